The van der Waals surface area contributed by atoms with E-state index < -0.39 is 5.66 Å². The number of nitrogens with one attached hydrogen (secondary N) is 2. The number of rotatable bonds is 0. The number of hydrogen-bond donors (Lipinski definition) is 2. The van der Waals surface area contributed by atoms with Crippen LogP contribution in [0.3, 0.4) is 0 Å². The third-order valence-electron chi connectivity index (χ3n) is 7.33. The maximum atomic E-state index is 13.0. The quantitative estimate of drug-likeness (QED) is 0.593. The SMILES string of the molecule is CC(C)(C)C1(C(C)(C)C)n2cc[n+](c2)CC(=O)N[C@@H]2CCCC[C@H]2NC(=O)C[n+]2ccn1c2. The molecule has 0 aromatic carbocycles. The number of hydrogen-bond acceptors (Lipinski definition) is 2. The Morgan fingerprint density at radius 2 is 1.18 bits per heavy atom. The minimum atomic E-state index is -0.488. The van der Waals surface area contributed by atoms with Crippen LogP contribution in [0.5, 0.6) is 0 Å². The summed E-state index contributed by atoms with van der Waals surface area (Å²) in [6.07, 6.45) is 16.1. The van der Waals surface area contributed by atoms with E-state index in [0.29, 0.717) is 0 Å². The predicted molar refractivity (Wildman–Crippen MR) is 124 cm³/mol. The summed E-state index contributed by atoms with van der Waals surface area (Å²) >= 11 is 0. The van der Waals surface area contributed by atoms with Gasteiger partial charge < -0.3 is 10.6 Å². The molecule has 2 atom stereocenters. The minimum Gasteiger partial charge on any atom is -0.348 e. The van der Waals surface area contributed by atoms with E-state index >= 15 is 0 Å². The summed E-state index contributed by atoms with van der Waals surface area (Å²) in [6, 6.07) is -0.0540. The van der Waals surface area contributed by atoms with Gasteiger partial charge in [-0.15, -0.1) is 0 Å². The Balaban J connectivity index is 1.85. The van der Waals surface area contributed by atoms with Crippen molar-refractivity contribution in [1.29, 1.82) is 0 Å². The molecular weight excluding hydrogens is 416 g/mol. The number of nitrogens with zero attached hydrogens (tertiary/aromatic N) is 4. The van der Waals surface area contributed by atoms with Crippen LogP contribution in [0.15, 0.2) is 37.4 Å². The maximum Gasteiger partial charge on any atom is 0.262 e. The number of carbonyl (C=O) groups is 2. The Labute approximate surface area is 197 Å². The number of fused-ring (bicyclic) bond motifs is 5. The summed E-state index contributed by atoms with van der Waals surface area (Å²) in [4.78, 5) is 25.9. The third kappa shape index (κ3) is 4.20. The Kier molecular flexibility index (Phi) is 5.91. The smallest absolute Gasteiger partial charge is 0.262 e. The summed E-state index contributed by atoms with van der Waals surface area (Å²) < 4.78 is 8.37. The van der Waals surface area contributed by atoms with Crippen LogP contribution in [0, 0.1) is 10.8 Å². The highest BCUT2D eigenvalue weighted by molar-refractivity contribution is 5.76. The lowest BCUT2D eigenvalue weighted by atomic mass is 9.65. The van der Waals surface area contributed by atoms with Crippen molar-refractivity contribution in [2.24, 2.45) is 10.8 Å². The first kappa shape index (κ1) is 23.5. The van der Waals surface area contributed by atoms with Crippen molar-refractivity contribution in [1.82, 2.24) is 19.8 Å². The molecule has 3 heterocycles. The van der Waals surface area contributed by atoms with Gasteiger partial charge in [0.25, 0.3) is 17.5 Å². The molecular formula is C25H40N6O2+2. The van der Waals surface area contributed by atoms with E-state index in [-0.39, 0.29) is 47.8 Å². The molecule has 2 aromatic rings. The second-order valence-electron chi connectivity index (χ2n) is 11.8. The van der Waals surface area contributed by atoms with E-state index in [4.69, 9.17) is 0 Å². The van der Waals surface area contributed by atoms with E-state index in [2.05, 4.69) is 73.7 Å². The molecule has 2 amide bonds. The lowest BCUT2D eigenvalue weighted by molar-refractivity contribution is -0.685. The molecule has 2 aromatic heterocycles. The highest BCUT2D eigenvalue weighted by Crippen LogP contribution is 2.50. The minimum absolute atomic E-state index is 0.0204. The van der Waals surface area contributed by atoms with Gasteiger partial charge in [-0.05, 0) is 12.8 Å². The van der Waals surface area contributed by atoms with Gasteiger partial charge in [-0.25, -0.2) is 9.13 Å². The maximum absolute atomic E-state index is 13.0. The molecule has 1 aliphatic heterocycles. The van der Waals surface area contributed by atoms with Gasteiger partial charge in [0.15, 0.2) is 13.1 Å². The Bertz CT molecular complexity index is 940. The van der Waals surface area contributed by atoms with Crippen LogP contribution >= 0.6 is 0 Å². The predicted octanol–water partition coefficient (Wildman–Crippen LogP) is 1.72. The van der Waals surface area contributed by atoms with Gasteiger partial charge in [0.05, 0.1) is 0 Å². The molecule has 4 bridgehead atoms. The average molecular weight is 457 g/mol. The fraction of sp³-hybridized carbons (Fsp3) is 0.680. The van der Waals surface area contributed by atoms with Crippen molar-refractivity contribution < 1.29 is 18.7 Å². The molecule has 1 aliphatic carbocycles. The van der Waals surface area contributed by atoms with Crippen LogP contribution < -0.4 is 19.8 Å². The fourth-order valence-electron chi connectivity index (χ4n) is 6.48. The van der Waals surface area contributed by atoms with E-state index in [0.717, 1.165) is 25.7 Å². The van der Waals surface area contributed by atoms with Crippen molar-refractivity contribution in [2.45, 2.75) is 98.1 Å². The van der Waals surface area contributed by atoms with Crippen LogP contribution in [-0.4, -0.2) is 33.0 Å². The highest BCUT2D eigenvalue weighted by atomic mass is 16.2. The second-order valence-corrected chi connectivity index (χ2v) is 11.8. The van der Waals surface area contributed by atoms with Crippen LogP contribution in [0.4, 0.5) is 0 Å². The molecule has 1 fully saturated rings. The van der Waals surface area contributed by atoms with E-state index in [1.54, 1.807) is 0 Å². The number of aromatic nitrogens is 4. The molecule has 0 radical (unpaired) electrons. The van der Waals surface area contributed by atoms with Gasteiger partial charge in [-0.1, -0.05) is 54.4 Å². The Morgan fingerprint density at radius 3 is 1.55 bits per heavy atom. The van der Waals surface area contributed by atoms with Crippen LogP contribution in [0.1, 0.15) is 67.2 Å². The fourth-order valence-corrected chi connectivity index (χ4v) is 6.48. The van der Waals surface area contributed by atoms with Crippen molar-refractivity contribution in [2.75, 3.05) is 0 Å². The van der Waals surface area contributed by atoms with Gasteiger partial charge >= 0.3 is 0 Å². The first-order valence-electron chi connectivity index (χ1n) is 12.2. The molecule has 8 nitrogen and oxygen atoms in total. The monoisotopic (exact) mass is 456 g/mol. The summed E-state index contributed by atoms with van der Waals surface area (Å²) in [5.41, 5.74) is -0.865. The number of amides is 2. The molecule has 4 rings (SSSR count). The lowest BCUT2D eigenvalue weighted by Crippen LogP contribution is -2.60. The first-order chi connectivity index (χ1) is 15.4. The molecule has 0 unspecified atom stereocenters. The van der Waals surface area contributed by atoms with Crippen LogP contribution in [0.2, 0.25) is 0 Å². The number of imidazole rings is 2. The molecule has 8 heteroatoms. The van der Waals surface area contributed by atoms with Gasteiger partial charge in [0, 0.05) is 22.9 Å². The third-order valence-corrected chi connectivity index (χ3v) is 7.33. The first-order valence-corrected chi connectivity index (χ1v) is 12.2. The van der Waals surface area contributed by atoms with Crippen molar-refractivity contribution >= 4 is 11.8 Å². The second kappa shape index (κ2) is 8.29. The molecule has 0 saturated heterocycles. The summed E-state index contributed by atoms with van der Waals surface area (Å²) in [5.74, 6) is -0.0409. The zero-order chi connectivity index (χ0) is 24.0. The largest absolute Gasteiger partial charge is 0.348 e. The van der Waals surface area contributed by atoms with Gasteiger partial charge in [-0.3, -0.25) is 9.59 Å². The Morgan fingerprint density at radius 1 is 0.788 bits per heavy atom. The molecule has 180 valence electrons. The summed E-state index contributed by atoms with van der Waals surface area (Å²) in [7, 11) is 0. The zero-order valence-corrected chi connectivity index (χ0v) is 21.0. The van der Waals surface area contributed by atoms with Crippen molar-refractivity contribution in [3.8, 4) is 0 Å². The van der Waals surface area contributed by atoms with E-state index in [1.165, 1.54) is 0 Å². The van der Waals surface area contributed by atoms with Gasteiger partial charge in [0.2, 0.25) is 12.7 Å². The molecule has 2 N–H and O–H groups in total. The highest BCUT2D eigenvalue weighted by Gasteiger charge is 2.61. The zero-order valence-electron chi connectivity index (χ0n) is 21.0. The van der Waals surface area contributed by atoms with Gasteiger partial charge in [-0.2, -0.15) is 9.13 Å². The van der Waals surface area contributed by atoms with Gasteiger partial charge in [0.1, 0.15) is 24.8 Å². The summed E-state index contributed by atoms with van der Waals surface area (Å²) in [6.45, 7) is 13.9. The summed E-state index contributed by atoms with van der Waals surface area (Å²) in [5, 5.41) is 6.39. The van der Waals surface area contributed by atoms with Crippen molar-refractivity contribution in [3.05, 3.63) is 37.4 Å². The Hall–Kier alpha value is -2.64. The van der Waals surface area contributed by atoms with Crippen LogP contribution in [-0.2, 0) is 28.3 Å². The number of carbonyl (C=O) groups excluding carboxylic acids is 2. The molecule has 0 spiro atoms. The molecule has 1 saturated carbocycles. The normalized spacial score (nSPS) is 24.2. The topological polar surface area (TPSA) is 75.8 Å². The molecule has 2 aliphatic rings. The van der Waals surface area contributed by atoms with Crippen molar-refractivity contribution in [3.63, 3.8) is 0 Å². The average Bonchev–Trinajstić information content (AvgIpc) is 3.31. The standard InChI is InChI=1S/C25H38N6O2/c1-23(2,3)25(24(4,5)6)30-13-11-28(17-30)15-21(32)26-19-9-7-8-10-20(19)27-22(33)16-29-12-14-31(25)18-29/h11-14,17-20H,7-10,15-16H2,1-6H3/p+2/t19-,20-/m1/s1. The lowest BCUT2D eigenvalue weighted by Gasteiger charge is -2.47. The van der Waals surface area contributed by atoms with E-state index in [9.17, 15) is 9.59 Å². The van der Waals surface area contributed by atoms with Crippen LogP contribution in [0.25, 0.3) is 0 Å². The molecule has 33 heavy (non-hydrogen) atoms. The van der Waals surface area contributed by atoms with E-state index in [1.807, 2.05) is 34.2 Å².